The van der Waals surface area contributed by atoms with Crippen molar-refractivity contribution in [2.24, 2.45) is 0 Å². The van der Waals surface area contributed by atoms with E-state index in [1.807, 2.05) is 91.0 Å². The summed E-state index contributed by atoms with van der Waals surface area (Å²) in [6.07, 6.45) is -2.55. The molecule has 0 saturated heterocycles. The predicted octanol–water partition coefficient (Wildman–Crippen LogP) is 7.37. The summed E-state index contributed by atoms with van der Waals surface area (Å²) in [6.45, 7) is 1.69. The van der Waals surface area contributed by atoms with Gasteiger partial charge >= 0.3 is 0 Å². The molecule has 0 bridgehead atoms. The molecule has 0 heterocycles. The summed E-state index contributed by atoms with van der Waals surface area (Å²) >= 11 is 0. The van der Waals surface area contributed by atoms with Gasteiger partial charge in [-0.15, -0.1) is 0 Å². The Morgan fingerprint density at radius 1 is 0.742 bits per heavy atom. The lowest BCUT2D eigenvalue weighted by atomic mass is 9.82. The Morgan fingerprint density at radius 3 is 2.23 bits per heavy atom. The molecular weight excluding hydrogens is 394 g/mol. The maximum absolute atomic E-state index is 14.1. The normalized spacial score (nSPS) is 13.3. The molecule has 4 aromatic carbocycles. The van der Waals surface area contributed by atoms with Crippen LogP contribution < -0.4 is 4.74 Å². The van der Waals surface area contributed by atoms with Gasteiger partial charge in [0, 0.05) is 0 Å². The van der Waals surface area contributed by atoms with Gasteiger partial charge in [-0.05, 0) is 53.1 Å². The minimum Gasteiger partial charge on any atom is -0.457 e. The first-order valence-corrected chi connectivity index (χ1v) is 10.2. The molecule has 4 aromatic rings. The van der Waals surface area contributed by atoms with Crippen molar-refractivity contribution >= 4 is 10.8 Å². The highest BCUT2D eigenvalue weighted by molar-refractivity contribution is 5.83. The minimum absolute atomic E-state index is 0.0905. The van der Waals surface area contributed by atoms with Crippen LogP contribution in [0.3, 0.4) is 0 Å². The molecule has 0 radical (unpaired) electrons. The standard InChI is InChI=1S/C27H24F2O2/c1-27(26(28)29,23-15-14-21-9-5-6-10-22(21)17-23)19-30-18-20-8-7-13-25(16-20)31-24-11-3-2-4-12-24/h2-17,26H,18-19H2,1H3. The number of alkyl halides is 2. The average molecular weight is 418 g/mol. The van der Waals surface area contributed by atoms with Crippen molar-refractivity contribution < 1.29 is 18.3 Å². The SMILES string of the molecule is CC(COCc1cccc(Oc2ccccc2)c1)(c1ccc2ccccc2c1)C(F)F. The molecule has 1 atom stereocenters. The molecule has 0 saturated carbocycles. The molecule has 0 aliphatic heterocycles. The molecular formula is C27H24F2O2. The first-order valence-electron chi connectivity index (χ1n) is 10.2. The van der Waals surface area contributed by atoms with Crippen LogP contribution in [-0.4, -0.2) is 13.0 Å². The molecule has 0 aliphatic carbocycles. The van der Waals surface area contributed by atoms with Crippen LogP contribution in [0.5, 0.6) is 11.5 Å². The van der Waals surface area contributed by atoms with E-state index in [9.17, 15) is 8.78 Å². The Hall–Kier alpha value is -3.24. The van der Waals surface area contributed by atoms with Crippen LogP contribution in [0.25, 0.3) is 10.8 Å². The van der Waals surface area contributed by atoms with Crippen LogP contribution in [0.4, 0.5) is 8.78 Å². The van der Waals surface area contributed by atoms with Crippen LogP contribution in [0, 0.1) is 0 Å². The van der Waals surface area contributed by atoms with Crippen molar-refractivity contribution in [2.75, 3.05) is 6.61 Å². The fraction of sp³-hybridized carbons (Fsp3) is 0.185. The second-order valence-corrected chi connectivity index (χ2v) is 7.84. The van der Waals surface area contributed by atoms with Gasteiger partial charge in [0.25, 0.3) is 0 Å². The number of rotatable bonds is 8. The fourth-order valence-corrected chi connectivity index (χ4v) is 3.52. The van der Waals surface area contributed by atoms with E-state index in [4.69, 9.17) is 9.47 Å². The second kappa shape index (κ2) is 9.27. The fourth-order valence-electron chi connectivity index (χ4n) is 3.52. The third-order valence-electron chi connectivity index (χ3n) is 5.44. The number of para-hydroxylation sites is 1. The lowest BCUT2D eigenvalue weighted by molar-refractivity contribution is -0.0127. The van der Waals surface area contributed by atoms with Gasteiger partial charge in [0.05, 0.1) is 18.6 Å². The highest BCUT2D eigenvalue weighted by atomic mass is 19.3. The topological polar surface area (TPSA) is 18.5 Å². The minimum atomic E-state index is -2.55. The molecule has 0 N–H and O–H groups in total. The van der Waals surface area contributed by atoms with Gasteiger partial charge in [-0.2, -0.15) is 0 Å². The van der Waals surface area contributed by atoms with Crippen molar-refractivity contribution in [3.63, 3.8) is 0 Å². The third-order valence-corrected chi connectivity index (χ3v) is 5.44. The van der Waals surface area contributed by atoms with E-state index in [0.29, 0.717) is 11.3 Å². The van der Waals surface area contributed by atoms with E-state index in [-0.39, 0.29) is 13.2 Å². The van der Waals surface area contributed by atoms with Gasteiger partial charge in [0.2, 0.25) is 6.43 Å². The van der Waals surface area contributed by atoms with Crippen molar-refractivity contribution in [2.45, 2.75) is 25.4 Å². The molecule has 31 heavy (non-hydrogen) atoms. The van der Waals surface area contributed by atoms with Crippen molar-refractivity contribution in [3.8, 4) is 11.5 Å². The molecule has 0 fully saturated rings. The summed E-state index contributed by atoms with van der Waals surface area (Å²) in [5.74, 6) is 1.42. The van der Waals surface area contributed by atoms with Gasteiger partial charge < -0.3 is 9.47 Å². The van der Waals surface area contributed by atoms with Crippen LogP contribution in [0.2, 0.25) is 0 Å². The van der Waals surface area contributed by atoms with Crippen LogP contribution >= 0.6 is 0 Å². The lowest BCUT2D eigenvalue weighted by Gasteiger charge is -2.29. The zero-order chi connectivity index (χ0) is 21.7. The third kappa shape index (κ3) is 4.92. The van der Waals surface area contributed by atoms with Crippen molar-refractivity contribution in [1.82, 2.24) is 0 Å². The summed E-state index contributed by atoms with van der Waals surface area (Å²) in [5.41, 5.74) is 0.0354. The molecule has 0 amide bonds. The van der Waals surface area contributed by atoms with E-state index in [0.717, 1.165) is 22.1 Å². The summed E-state index contributed by atoms with van der Waals surface area (Å²) in [4.78, 5) is 0. The Labute approximate surface area is 181 Å². The molecule has 0 aliphatic rings. The molecule has 0 spiro atoms. The second-order valence-electron chi connectivity index (χ2n) is 7.84. The first kappa shape index (κ1) is 21.0. The maximum atomic E-state index is 14.1. The number of hydrogen-bond donors (Lipinski definition) is 0. The van der Waals surface area contributed by atoms with E-state index in [1.54, 1.807) is 13.0 Å². The van der Waals surface area contributed by atoms with Crippen molar-refractivity contribution in [3.05, 3.63) is 108 Å². The summed E-state index contributed by atoms with van der Waals surface area (Å²) in [7, 11) is 0. The highest BCUT2D eigenvalue weighted by Crippen LogP contribution is 2.33. The quantitative estimate of drug-likeness (QED) is 0.297. The molecule has 158 valence electrons. The van der Waals surface area contributed by atoms with Gasteiger partial charge in [0.15, 0.2) is 0 Å². The Morgan fingerprint density at radius 2 is 1.45 bits per heavy atom. The molecule has 2 nitrogen and oxygen atoms in total. The first-order chi connectivity index (χ1) is 15.0. The monoisotopic (exact) mass is 418 g/mol. The van der Waals surface area contributed by atoms with E-state index in [1.165, 1.54) is 0 Å². The molecule has 0 aromatic heterocycles. The molecule has 4 rings (SSSR count). The highest BCUT2D eigenvalue weighted by Gasteiger charge is 2.37. The summed E-state index contributed by atoms with van der Waals surface area (Å²) in [6, 6.07) is 30.2. The largest absolute Gasteiger partial charge is 0.457 e. The average Bonchev–Trinajstić information content (AvgIpc) is 2.79. The smallest absolute Gasteiger partial charge is 0.250 e. The number of hydrogen-bond acceptors (Lipinski definition) is 2. The predicted molar refractivity (Wildman–Crippen MR) is 120 cm³/mol. The molecule has 1 unspecified atom stereocenters. The van der Waals surface area contributed by atoms with Gasteiger partial charge in [0.1, 0.15) is 11.5 Å². The number of benzene rings is 4. The zero-order valence-electron chi connectivity index (χ0n) is 17.3. The Balaban J connectivity index is 1.45. The number of ether oxygens (including phenoxy) is 2. The lowest BCUT2D eigenvalue weighted by Crippen LogP contribution is -2.36. The zero-order valence-corrected chi connectivity index (χ0v) is 17.3. The maximum Gasteiger partial charge on any atom is 0.250 e. The van der Waals surface area contributed by atoms with E-state index < -0.39 is 11.8 Å². The van der Waals surface area contributed by atoms with Crippen molar-refractivity contribution in [1.29, 1.82) is 0 Å². The van der Waals surface area contributed by atoms with Gasteiger partial charge in [-0.25, -0.2) is 8.78 Å². The Kier molecular flexibility index (Phi) is 6.28. The van der Waals surface area contributed by atoms with Crippen LogP contribution in [0.1, 0.15) is 18.1 Å². The van der Waals surface area contributed by atoms with Gasteiger partial charge in [-0.3, -0.25) is 0 Å². The number of fused-ring (bicyclic) bond motifs is 1. The van der Waals surface area contributed by atoms with E-state index in [2.05, 4.69) is 0 Å². The number of halogens is 2. The molecule has 4 heteroatoms. The Bertz CT molecular complexity index is 1140. The summed E-state index contributed by atoms with van der Waals surface area (Å²) in [5, 5.41) is 1.97. The summed E-state index contributed by atoms with van der Waals surface area (Å²) < 4.78 is 39.8. The van der Waals surface area contributed by atoms with Gasteiger partial charge in [-0.1, -0.05) is 72.8 Å². The van der Waals surface area contributed by atoms with E-state index >= 15 is 0 Å². The van der Waals surface area contributed by atoms with Crippen LogP contribution in [-0.2, 0) is 16.8 Å². The van der Waals surface area contributed by atoms with Crippen LogP contribution in [0.15, 0.2) is 97.1 Å².